The van der Waals surface area contributed by atoms with Crippen molar-refractivity contribution in [3.05, 3.63) is 51.3 Å². The normalized spacial score (nSPS) is 22.5. The highest BCUT2D eigenvalue weighted by molar-refractivity contribution is 6.30. The number of Topliss-reactive ketones (excluding diaryl/α,β-unsaturated/α-hetero) is 2. The lowest BCUT2D eigenvalue weighted by atomic mass is 9.63. The number of ether oxygens (including phenoxy) is 2. The second kappa shape index (κ2) is 8.59. The summed E-state index contributed by atoms with van der Waals surface area (Å²) >= 11 is 6.42. The van der Waals surface area contributed by atoms with Gasteiger partial charge in [-0.15, -0.1) is 0 Å². The smallest absolute Gasteiger partial charge is 0.162 e. The summed E-state index contributed by atoms with van der Waals surface area (Å²) in [4.78, 5) is 29.7. The molecule has 0 atom stereocenters. The summed E-state index contributed by atoms with van der Waals surface area (Å²) in [5, 5.41) is 0.559. The van der Waals surface area contributed by atoms with E-state index < -0.39 is 5.92 Å². The number of methoxy groups -OCH3 is 2. The van der Waals surface area contributed by atoms with Crippen molar-refractivity contribution < 1.29 is 19.1 Å². The minimum Gasteiger partial charge on any atom is -0.496 e. The molecule has 5 nitrogen and oxygen atoms in total. The molecule has 178 valence electrons. The molecule has 0 N–H and O–H groups in total. The molecule has 1 aromatic rings. The molecular weight excluding hydrogens is 438 g/mol. The van der Waals surface area contributed by atoms with Crippen molar-refractivity contribution in [2.24, 2.45) is 10.8 Å². The summed E-state index contributed by atoms with van der Waals surface area (Å²) in [5.41, 5.74) is 3.95. The fraction of sp³-hybridized carbons (Fsp3) is 0.556. The number of carbonyl (C=O) groups is 2. The van der Waals surface area contributed by atoms with E-state index in [4.69, 9.17) is 21.1 Å². The van der Waals surface area contributed by atoms with Crippen LogP contribution in [0.2, 0.25) is 5.02 Å². The molecule has 1 heterocycles. The van der Waals surface area contributed by atoms with Crippen LogP contribution in [-0.4, -0.2) is 43.8 Å². The second-order valence-corrected chi connectivity index (χ2v) is 11.5. The first-order chi connectivity index (χ1) is 15.5. The van der Waals surface area contributed by atoms with Gasteiger partial charge in [-0.05, 0) is 41.9 Å². The summed E-state index contributed by atoms with van der Waals surface area (Å²) in [6.45, 7) is 9.67. The Kier molecular flexibility index (Phi) is 6.25. The molecule has 3 aliphatic rings. The van der Waals surface area contributed by atoms with E-state index in [0.29, 0.717) is 36.8 Å². The zero-order chi connectivity index (χ0) is 24.1. The Balaban J connectivity index is 2.03. The van der Waals surface area contributed by atoms with Gasteiger partial charge in [0.05, 0.1) is 13.7 Å². The van der Waals surface area contributed by atoms with Gasteiger partial charge in [-0.3, -0.25) is 9.59 Å². The van der Waals surface area contributed by atoms with E-state index in [2.05, 4.69) is 32.6 Å². The third-order valence-electron chi connectivity index (χ3n) is 7.04. The van der Waals surface area contributed by atoms with E-state index in [9.17, 15) is 9.59 Å². The highest BCUT2D eigenvalue weighted by atomic mass is 35.5. The van der Waals surface area contributed by atoms with Crippen molar-refractivity contribution >= 4 is 23.2 Å². The standard InChI is InChI=1S/C27H34ClNO4/c1-26(2)12-18-24(20(30)14-26)23(17-11-16(28)7-8-22(17)33-6)25-19(29(18)9-10-32-5)13-27(3,4)15-21(25)31/h7-8,11,23H,9-10,12-15H2,1-6H3. The molecule has 0 fully saturated rings. The summed E-state index contributed by atoms with van der Waals surface area (Å²) < 4.78 is 11.1. The maximum absolute atomic E-state index is 13.7. The van der Waals surface area contributed by atoms with Crippen LogP contribution in [0.4, 0.5) is 0 Å². The SMILES string of the molecule is COCCN1C2=C(C(=O)CC(C)(C)C2)C(c2cc(Cl)ccc2OC)C2=C1CC(C)(C)CC2=O. The number of hydrogen-bond donors (Lipinski definition) is 0. The summed E-state index contributed by atoms with van der Waals surface area (Å²) in [7, 11) is 3.29. The Morgan fingerprint density at radius 2 is 1.48 bits per heavy atom. The highest BCUT2D eigenvalue weighted by Gasteiger charge is 2.49. The van der Waals surface area contributed by atoms with E-state index in [1.165, 1.54) is 0 Å². The number of halogens is 1. The van der Waals surface area contributed by atoms with E-state index in [1.54, 1.807) is 20.3 Å². The van der Waals surface area contributed by atoms with Gasteiger partial charge < -0.3 is 14.4 Å². The van der Waals surface area contributed by atoms with Gasteiger partial charge in [0.25, 0.3) is 0 Å². The van der Waals surface area contributed by atoms with Gasteiger partial charge in [-0.25, -0.2) is 0 Å². The largest absolute Gasteiger partial charge is 0.496 e. The predicted molar refractivity (Wildman–Crippen MR) is 129 cm³/mol. The number of hydrogen-bond acceptors (Lipinski definition) is 5. The molecule has 0 aromatic heterocycles. The van der Waals surface area contributed by atoms with Gasteiger partial charge in [0.1, 0.15) is 5.75 Å². The van der Waals surface area contributed by atoms with Crippen molar-refractivity contribution in [1.29, 1.82) is 0 Å². The number of nitrogens with zero attached hydrogens (tertiary/aromatic N) is 1. The molecule has 0 radical (unpaired) electrons. The number of benzene rings is 1. The zero-order valence-corrected chi connectivity index (χ0v) is 21.3. The summed E-state index contributed by atoms with van der Waals surface area (Å²) in [6, 6.07) is 5.45. The molecule has 1 aromatic carbocycles. The fourth-order valence-electron chi connectivity index (χ4n) is 5.74. The molecular formula is C27H34ClNO4. The topological polar surface area (TPSA) is 55.8 Å². The third kappa shape index (κ3) is 4.38. The maximum Gasteiger partial charge on any atom is 0.162 e. The number of carbonyl (C=O) groups excluding carboxylic acids is 2. The monoisotopic (exact) mass is 471 g/mol. The van der Waals surface area contributed by atoms with Crippen molar-refractivity contribution in [2.75, 3.05) is 27.4 Å². The van der Waals surface area contributed by atoms with E-state index in [1.807, 2.05) is 12.1 Å². The minimum atomic E-state index is -0.463. The van der Waals surface area contributed by atoms with Crippen LogP contribution in [0.3, 0.4) is 0 Å². The van der Waals surface area contributed by atoms with Gasteiger partial charge >= 0.3 is 0 Å². The lowest BCUT2D eigenvalue weighted by Crippen LogP contribution is -2.45. The number of rotatable bonds is 5. The first kappa shape index (κ1) is 24.0. The van der Waals surface area contributed by atoms with Crippen molar-refractivity contribution in [2.45, 2.75) is 59.3 Å². The first-order valence-corrected chi connectivity index (χ1v) is 12.0. The molecule has 0 amide bonds. The Hall–Kier alpha value is -2.11. The van der Waals surface area contributed by atoms with E-state index in [-0.39, 0.29) is 22.4 Å². The van der Waals surface area contributed by atoms with Gasteiger partial charge in [0.15, 0.2) is 11.6 Å². The molecule has 33 heavy (non-hydrogen) atoms. The Morgan fingerprint density at radius 3 is 1.97 bits per heavy atom. The second-order valence-electron chi connectivity index (χ2n) is 11.1. The van der Waals surface area contributed by atoms with Crippen LogP contribution in [-0.2, 0) is 14.3 Å². The van der Waals surface area contributed by atoms with Gasteiger partial charge in [0, 0.05) is 65.5 Å². The molecule has 4 rings (SSSR count). The van der Waals surface area contributed by atoms with E-state index >= 15 is 0 Å². The quantitative estimate of drug-likeness (QED) is 0.552. The minimum absolute atomic E-state index is 0.0971. The molecule has 2 aliphatic carbocycles. The molecule has 0 saturated carbocycles. The van der Waals surface area contributed by atoms with Gasteiger partial charge in [0.2, 0.25) is 0 Å². The Bertz CT molecular complexity index is 1010. The predicted octanol–water partition coefficient (Wildman–Crippen LogP) is 5.68. The first-order valence-electron chi connectivity index (χ1n) is 11.6. The van der Waals surface area contributed by atoms with Crippen LogP contribution in [0, 0.1) is 10.8 Å². The van der Waals surface area contributed by atoms with Crippen LogP contribution in [0.25, 0.3) is 0 Å². The Labute approximate surface area is 201 Å². The van der Waals surface area contributed by atoms with Crippen LogP contribution >= 0.6 is 11.6 Å². The molecule has 1 aliphatic heterocycles. The fourth-order valence-corrected chi connectivity index (χ4v) is 5.92. The summed E-state index contributed by atoms with van der Waals surface area (Å²) in [5.74, 6) is 0.373. The molecule has 0 bridgehead atoms. The van der Waals surface area contributed by atoms with Gasteiger partial charge in [-0.1, -0.05) is 39.3 Å². The van der Waals surface area contributed by atoms with Crippen LogP contribution < -0.4 is 4.74 Å². The van der Waals surface area contributed by atoms with Crippen LogP contribution in [0.5, 0.6) is 5.75 Å². The van der Waals surface area contributed by atoms with Crippen molar-refractivity contribution in [1.82, 2.24) is 4.90 Å². The third-order valence-corrected chi connectivity index (χ3v) is 7.28. The lowest BCUT2D eigenvalue weighted by Gasteiger charge is -2.49. The van der Waals surface area contributed by atoms with E-state index in [0.717, 1.165) is 40.9 Å². The van der Waals surface area contributed by atoms with Crippen molar-refractivity contribution in [3.63, 3.8) is 0 Å². The molecule has 0 saturated heterocycles. The average molecular weight is 472 g/mol. The number of allylic oxidation sites excluding steroid dienone is 4. The van der Waals surface area contributed by atoms with Crippen LogP contribution in [0.15, 0.2) is 40.7 Å². The maximum atomic E-state index is 13.7. The lowest BCUT2D eigenvalue weighted by molar-refractivity contribution is -0.119. The highest BCUT2D eigenvalue weighted by Crippen LogP contribution is 2.55. The molecule has 0 unspecified atom stereocenters. The molecule has 0 spiro atoms. The van der Waals surface area contributed by atoms with Crippen molar-refractivity contribution in [3.8, 4) is 5.75 Å². The average Bonchev–Trinajstić information content (AvgIpc) is 2.70. The number of ketones is 2. The van der Waals surface area contributed by atoms with Crippen LogP contribution in [0.1, 0.15) is 64.9 Å². The summed E-state index contributed by atoms with van der Waals surface area (Å²) in [6.07, 6.45) is 2.43. The van der Waals surface area contributed by atoms with Gasteiger partial charge in [-0.2, -0.15) is 0 Å². The molecule has 6 heteroatoms. The Morgan fingerprint density at radius 1 is 0.939 bits per heavy atom. The zero-order valence-electron chi connectivity index (χ0n) is 20.5.